The number of nitrogens with one attached hydrogen (secondary N) is 1. The van der Waals surface area contributed by atoms with Crippen LogP contribution >= 0.6 is 0 Å². The molecule has 0 aliphatic rings. The molecule has 0 amide bonds. The van der Waals surface area contributed by atoms with Gasteiger partial charge in [0.1, 0.15) is 11.6 Å². The monoisotopic (exact) mass is 343 g/mol. The topological polar surface area (TPSA) is 59.3 Å². The summed E-state index contributed by atoms with van der Waals surface area (Å²) < 4.78 is 20.6. The zero-order chi connectivity index (χ0) is 17.6. The van der Waals surface area contributed by atoms with E-state index in [4.69, 9.17) is 4.74 Å². The van der Waals surface area contributed by atoms with Gasteiger partial charge in [-0.25, -0.2) is 9.37 Å². The number of hydrogen-bond donors (Lipinski definition) is 2. The summed E-state index contributed by atoms with van der Waals surface area (Å²) in [5.74, 6) is 1.12. The van der Waals surface area contributed by atoms with Gasteiger partial charge in [0, 0.05) is 13.1 Å². The lowest BCUT2D eigenvalue weighted by molar-refractivity contribution is 0.208. The molecule has 1 heterocycles. The summed E-state index contributed by atoms with van der Waals surface area (Å²) in [5.41, 5.74) is 1.95. The molecule has 5 nitrogen and oxygen atoms in total. The van der Waals surface area contributed by atoms with E-state index >= 15 is 0 Å². The van der Waals surface area contributed by atoms with Gasteiger partial charge in [0.15, 0.2) is 0 Å². The molecule has 3 aromatic rings. The smallest absolute Gasteiger partial charge is 0.203 e. The van der Waals surface area contributed by atoms with E-state index in [0.717, 1.165) is 29.9 Å². The maximum Gasteiger partial charge on any atom is 0.203 e. The summed E-state index contributed by atoms with van der Waals surface area (Å²) in [7, 11) is 0. The standard InChI is InChI=1S/C19H22FN3O2/c1-14(24)13-21-19-22-17-5-2-3-6-18(17)23(19)11-4-12-25-16-9-7-15(20)8-10-16/h2-3,5-10,14,24H,4,11-13H2,1H3,(H,21,22). The van der Waals surface area contributed by atoms with Crippen LogP contribution in [0.5, 0.6) is 5.75 Å². The van der Waals surface area contributed by atoms with Gasteiger partial charge < -0.3 is 19.7 Å². The molecule has 6 heteroatoms. The maximum atomic E-state index is 12.9. The van der Waals surface area contributed by atoms with Gasteiger partial charge in [-0.2, -0.15) is 0 Å². The number of para-hydroxylation sites is 2. The quantitative estimate of drug-likeness (QED) is 0.615. The average Bonchev–Trinajstić information content (AvgIpc) is 2.96. The van der Waals surface area contributed by atoms with Crippen molar-refractivity contribution < 1.29 is 14.2 Å². The van der Waals surface area contributed by atoms with E-state index in [-0.39, 0.29) is 5.82 Å². The largest absolute Gasteiger partial charge is 0.494 e. The van der Waals surface area contributed by atoms with E-state index in [1.807, 2.05) is 24.3 Å². The van der Waals surface area contributed by atoms with E-state index in [1.54, 1.807) is 19.1 Å². The molecular weight excluding hydrogens is 321 g/mol. The molecule has 132 valence electrons. The Labute approximate surface area is 146 Å². The summed E-state index contributed by atoms with van der Waals surface area (Å²) in [6, 6.07) is 13.9. The number of rotatable bonds is 8. The molecule has 0 aliphatic heterocycles. The maximum absolute atomic E-state index is 12.9. The Hall–Kier alpha value is -2.60. The first-order chi connectivity index (χ1) is 12.1. The third-order valence-corrected chi connectivity index (χ3v) is 3.82. The first-order valence-corrected chi connectivity index (χ1v) is 8.39. The first kappa shape index (κ1) is 17.2. The van der Waals surface area contributed by atoms with Crippen molar-refractivity contribution in [3.05, 3.63) is 54.3 Å². The van der Waals surface area contributed by atoms with Crippen LogP contribution in [0.1, 0.15) is 13.3 Å². The lowest BCUT2D eigenvalue weighted by Crippen LogP contribution is -2.18. The highest BCUT2D eigenvalue weighted by molar-refractivity contribution is 5.78. The molecule has 0 bridgehead atoms. The number of aliphatic hydroxyl groups excluding tert-OH is 1. The Morgan fingerprint density at radius 3 is 2.72 bits per heavy atom. The lowest BCUT2D eigenvalue weighted by Gasteiger charge is -2.12. The minimum Gasteiger partial charge on any atom is -0.494 e. The number of aryl methyl sites for hydroxylation is 1. The fourth-order valence-electron chi connectivity index (χ4n) is 2.62. The Bertz CT molecular complexity index is 815. The number of fused-ring (bicyclic) bond motifs is 1. The molecule has 0 aliphatic carbocycles. The number of nitrogens with zero attached hydrogens (tertiary/aromatic N) is 2. The SMILES string of the molecule is CC(O)CNc1nc2ccccc2n1CCCOc1ccc(F)cc1. The fraction of sp³-hybridized carbons (Fsp3) is 0.316. The van der Waals surface area contributed by atoms with Crippen molar-refractivity contribution in [2.75, 3.05) is 18.5 Å². The Balaban J connectivity index is 1.64. The summed E-state index contributed by atoms with van der Waals surface area (Å²) in [6.45, 7) is 3.42. The van der Waals surface area contributed by atoms with Crippen LogP contribution in [0.3, 0.4) is 0 Å². The molecule has 2 N–H and O–H groups in total. The van der Waals surface area contributed by atoms with Crippen molar-refractivity contribution >= 4 is 17.0 Å². The average molecular weight is 343 g/mol. The minimum atomic E-state index is -0.449. The van der Waals surface area contributed by atoms with Crippen LogP contribution < -0.4 is 10.1 Å². The summed E-state index contributed by atoms with van der Waals surface area (Å²) in [5, 5.41) is 12.7. The van der Waals surface area contributed by atoms with Crippen LogP contribution in [0.25, 0.3) is 11.0 Å². The molecule has 0 fully saturated rings. The highest BCUT2D eigenvalue weighted by Gasteiger charge is 2.10. The van der Waals surface area contributed by atoms with E-state index < -0.39 is 6.10 Å². The normalized spacial score (nSPS) is 12.3. The molecule has 1 atom stereocenters. The van der Waals surface area contributed by atoms with Gasteiger partial charge in [-0.1, -0.05) is 12.1 Å². The molecule has 0 saturated heterocycles. The number of hydrogen-bond acceptors (Lipinski definition) is 4. The zero-order valence-electron chi connectivity index (χ0n) is 14.2. The molecule has 1 unspecified atom stereocenters. The van der Waals surface area contributed by atoms with Crippen molar-refractivity contribution in [1.29, 1.82) is 0 Å². The molecule has 0 spiro atoms. The van der Waals surface area contributed by atoms with Crippen molar-refractivity contribution in [2.45, 2.75) is 26.0 Å². The first-order valence-electron chi connectivity index (χ1n) is 8.39. The molecule has 3 rings (SSSR count). The predicted molar refractivity (Wildman–Crippen MR) is 96.4 cm³/mol. The van der Waals surface area contributed by atoms with Gasteiger partial charge in [0.05, 0.1) is 23.7 Å². The van der Waals surface area contributed by atoms with Gasteiger partial charge in [0.25, 0.3) is 0 Å². The molecule has 2 aromatic carbocycles. The van der Waals surface area contributed by atoms with E-state index in [1.165, 1.54) is 12.1 Å². The zero-order valence-corrected chi connectivity index (χ0v) is 14.2. The van der Waals surface area contributed by atoms with Gasteiger partial charge in [-0.05, 0) is 49.7 Å². The number of aliphatic hydroxyl groups is 1. The van der Waals surface area contributed by atoms with E-state index in [9.17, 15) is 9.50 Å². The van der Waals surface area contributed by atoms with Crippen LogP contribution in [0.4, 0.5) is 10.3 Å². The number of ether oxygens (including phenoxy) is 1. The number of benzene rings is 2. The second kappa shape index (κ2) is 7.98. The minimum absolute atomic E-state index is 0.272. The highest BCUT2D eigenvalue weighted by Crippen LogP contribution is 2.20. The predicted octanol–water partition coefficient (Wildman–Crippen LogP) is 3.44. The number of imidazole rings is 1. The highest BCUT2D eigenvalue weighted by atomic mass is 19.1. The van der Waals surface area contributed by atoms with Crippen LogP contribution in [-0.4, -0.2) is 33.9 Å². The van der Waals surface area contributed by atoms with Crippen molar-refractivity contribution in [2.24, 2.45) is 0 Å². The molecule has 1 aromatic heterocycles. The van der Waals surface area contributed by atoms with Gasteiger partial charge in [-0.15, -0.1) is 0 Å². The molecular formula is C19H22FN3O2. The Kier molecular flexibility index (Phi) is 5.50. The van der Waals surface area contributed by atoms with Crippen LogP contribution in [-0.2, 0) is 6.54 Å². The lowest BCUT2D eigenvalue weighted by atomic mass is 10.3. The van der Waals surface area contributed by atoms with Crippen LogP contribution in [0, 0.1) is 5.82 Å². The second-order valence-electron chi connectivity index (χ2n) is 5.96. The second-order valence-corrected chi connectivity index (χ2v) is 5.96. The van der Waals surface area contributed by atoms with Crippen molar-refractivity contribution in [3.8, 4) is 5.75 Å². The molecule has 25 heavy (non-hydrogen) atoms. The number of aromatic nitrogens is 2. The van der Waals surface area contributed by atoms with Crippen molar-refractivity contribution in [3.63, 3.8) is 0 Å². The fourth-order valence-corrected chi connectivity index (χ4v) is 2.62. The van der Waals surface area contributed by atoms with E-state index in [0.29, 0.717) is 18.9 Å². The summed E-state index contributed by atoms with van der Waals surface area (Å²) in [6.07, 6.45) is 0.330. The Morgan fingerprint density at radius 2 is 1.96 bits per heavy atom. The van der Waals surface area contributed by atoms with Crippen LogP contribution in [0.15, 0.2) is 48.5 Å². The van der Waals surface area contributed by atoms with Gasteiger partial charge in [-0.3, -0.25) is 0 Å². The van der Waals surface area contributed by atoms with Gasteiger partial charge in [0.2, 0.25) is 5.95 Å². The summed E-state index contributed by atoms with van der Waals surface area (Å²) in [4.78, 5) is 4.59. The molecule has 0 radical (unpaired) electrons. The van der Waals surface area contributed by atoms with Crippen molar-refractivity contribution in [1.82, 2.24) is 9.55 Å². The third-order valence-electron chi connectivity index (χ3n) is 3.82. The number of anilines is 1. The van der Waals surface area contributed by atoms with E-state index in [2.05, 4.69) is 14.9 Å². The number of halogens is 1. The van der Waals surface area contributed by atoms with Crippen LogP contribution in [0.2, 0.25) is 0 Å². The molecule has 0 saturated carbocycles. The summed E-state index contributed by atoms with van der Waals surface area (Å²) >= 11 is 0. The van der Waals surface area contributed by atoms with Gasteiger partial charge >= 0.3 is 0 Å². The third kappa shape index (κ3) is 4.48. The Morgan fingerprint density at radius 1 is 1.20 bits per heavy atom.